The summed E-state index contributed by atoms with van der Waals surface area (Å²) >= 11 is 0. The Morgan fingerprint density at radius 2 is 1.88 bits per heavy atom. The predicted molar refractivity (Wildman–Crippen MR) is 89.5 cm³/mol. The highest BCUT2D eigenvalue weighted by Gasteiger charge is 2.51. The highest BCUT2D eigenvalue weighted by atomic mass is 16.2. The monoisotopic (exact) mass is 324 g/mol. The lowest BCUT2D eigenvalue weighted by atomic mass is 9.73. The third kappa shape index (κ3) is 2.27. The van der Waals surface area contributed by atoms with Crippen molar-refractivity contribution in [3.63, 3.8) is 0 Å². The Bertz CT molecular complexity index is 830. The molecular formula is C19H20N2O3. The number of nitrogens with zero attached hydrogens (tertiary/aromatic N) is 1. The van der Waals surface area contributed by atoms with Gasteiger partial charge in [0, 0.05) is 29.1 Å². The number of nitrogens with one attached hydrogen (secondary N) is 1. The molecule has 4 rings (SSSR count). The number of imide groups is 1. The number of benzene rings is 1. The van der Waals surface area contributed by atoms with Crippen molar-refractivity contribution in [2.45, 2.75) is 38.5 Å². The summed E-state index contributed by atoms with van der Waals surface area (Å²) in [5.74, 6) is -0.530. The second-order valence-corrected chi connectivity index (χ2v) is 6.97. The molecule has 2 amide bonds. The minimum Gasteiger partial charge on any atom is -0.360 e. The van der Waals surface area contributed by atoms with Gasteiger partial charge in [0.2, 0.25) is 11.8 Å². The van der Waals surface area contributed by atoms with Crippen LogP contribution in [0.4, 0.5) is 0 Å². The molecule has 0 bridgehead atoms. The van der Waals surface area contributed by atoms with Crippen molar-refractivity contribution in [1.29, 1.82) is 0 Å². The fraction of sp³-hybridized carbons (Fsp3) is 0.421. The molecule has 2 aliphatic rings. The van der Waals surface area contributed by atoms with E-state index in [1.165, 1.54) is 4.90 Å². The summed E-state index contributed by atoms with van der Waals surface area (Å²) in [6.07, 6.45) is 6.58. The maximum atomic E-state index is 12.8. The molecule has 24 heavy (non-hydrogen) atoms. The zero-order valence-electron chi connectivity index (χ0n) is 13.5. The van der Waals surface area contributed by atoms with E-state index in [2.05, 4.69) is 4.98 Å². The fourth-order valence-electron chi connectivity index (χ4n) is 4.17. The Balaban J connectivity index is 1.57. The third-order valence-corrected chi connectivity index (χ3v) is 5.49. The van der Waals surface area contributed by atoms with Gasteiger partial charge in [0.05, 0.1) is 12.0 Å². The van der Waals surface area contributed by atoms with Crippen molar-refractivity contribution in [2.24, 2.45) is 5.41 Å². The number of rotatable bonds is 3. The molecule has 1 saturated heterocycles. The molecule has 2 fully saturated rings. The van der Waals surface area contributed by atoms with Gasteiger partial charge in [0.25, 0.3) is 0 Å². The zero-order chi connectivity index (χ0) is 16.7. The summed E-state index contributed by atoms with van der Waals surface area (Å²) in [5, 5.41) is 0.828. The van der Waals surface area contributed by atoms with E-state index in [0.717, 1.165) is 43.0 Å². The van der Waals surface area contributed by atoms with E-state index in [0.29, 0.717) is 5.56 Å². The van der Waals surface area contributed by atoms with Crippen LogP contribution in [0.3, 0.4) is 0 Å². The van der Waals surface area contributed by atoms with E-state index in [4.69, 9.17) is 0 Å². The number of hydrogen-bond donors (Lipinski definition) is 1. The van der Waals surface area contributed by atoms with Crippen LogP contribution in [0, 0.1) is 5.41 Å². The van der Waals surface area contributed by atoms with Crippen LogP contribution in [-0.2, 0) is 9.59 Å². The molecule has 1 aromatic carbocycles. The molecular weight excluding hydrogens is 304 g/mol. The molecule has 2 heterocycles. The molecule has 1 saturated carbocycles. The summed E-state index contributed by atoms with van der Waals surface area (Å²) in [4.78, 5) is 42.1. The lowest BCUT2D eigenvalue weighted by molar-refractivity contribution is -0.141. The minimum atomic E-state index is -0.532. The van der Waals surface area contributed by atoms with Crippen LogP contribution >= 0.6 is 0 Å². The Morgan fingerprint density at radius 1 is 1.12 bits per heavy atom. The van der Waals surface area contributed by atoms with Crippen LogP contribution in [0.2, 0.25) is 0 Å². The van der Waals surface area contributed by atoms with Gasteiger partial charge in [0.1, 0.15) is 0 Å². The summed E-state index contributed by atoms with van der Waals surface area (Å²) in [5.41, 5.74) is 0.884. The zero-order valence-corrected chi connectivity index (χ0v) is 13.5. The van der Waals surface area contributed by atoms with Gasteiger partial charge in [-0.15, -0.1) is 0 Å². The Labute approximate surface area is 140 Å². The van der Waals surface area contributed by atoms with Gasteiger partial charge in [-0.25, -0.2) is 0 Å². The van der Waals surface area contributed by atoms with E-state index in [1.807, 2.05) is 24.3 Å². The number of fused-ring (bicyclic) bond motifs is 1. The molecule has 5 heteroatoms. The van der Waals surface area contributed by atoms with Crippen LogP contribution in [0.25, 0.3) is 10.9 Å². The summed E-state index contributed by atoms with van der Waals surface area (Å²) in [6.45, 7) is -0.152. The van der Waals surface area contributed by atoms with Crippen LogP contribution < -0.4 is 0 Å². The highest BCUT2D eigenvalue weighted by Crippen LogP contribution is 2.45. The largest absolute Gasteiger partial charge is 0.360 e. The van der Waals surface area contributed by atoms with E-state index >= 15 is 0 Å². The van der Waals surface area contributed by atoms with Gasteiger partial charge in [-0.2, -0.15) is 0 Å². The van der Waals surface area contributed by atoms with Crippen molar-refractivity contribution in [3.8, 4) is 0 Å². The van der Waals surface area contributed by atoms with Gasteiger partial charge in [-0.3, -0.25) is 19.3 Å². The number of para-hydroxylation sites is 1. The normalized spacial score (nSPS) is 20.2. The molecule has 1 spiro atoms. The highest BCUT2D eigenvalue weighted by molar-refractivity contribution is 6.13. The molecule has 1 aliphatic heterocycles. The number of Topliss-reactive ketones (excluding diaryl/α,β-unsaturated/α-hetero) is 1. The Morgan fingerprint density at radius 3 is 2.67 bits per heavy atom. The maximum Gasteiger partial charge on any atom is 0.236 e. The number of carbonyl (C=O) groups is 3. The van der Waals surface area contributed by atoms with Gasteiger partial charge < -0.3 is 4.98 Å². The second kappa shape index (κ2) is 5.58. The van der Waals surface area contributed by atoms with E-state index in [1.54, 1.807) is 6.20 Å². The fourth-order valence-corrected chi connectivity index (χ4v) is 4.17. The van der Waals surface area contributed by atoms with Crippen molar-refractivity contribution in [3.05, 3.63) is 36.0 Å². The van der Waals surface area contributed by atoms with Crippen molar-refractivity contribution in [1.82, 2.24) is 9.88 Å². The molecule has 1 N–H and O–H groups in total. The maximum absolute atomic E-state index is 12.8. The summed E-state index contributed by atoms with van der Waals surface area (Å²) in [6, 6.07) is 7.54. The van der Waals surface area contributed by atoms with Crippen molar-refractivity contribution in [2.75, 3.05) is 6.54 Å². The van der Waals surface area contributed by atoms with Crippen LogP contribution in [0.1, 0.15) is 48.9 Å². The predicted octanol–water partition coefficient (Wildman–Crippen LogP) is 3.06. The van der Waals surface area contributed by atoms with Crippen LogP contribution in [0.5, 0.6) is 0 Å². The Kier molecular flexibility index (Phi) is 3.52. The summed E-state index contributed by atoms with van der Waals surface area (Å²) < 4.78 is 0. The van der Waals surface area contributed by atoms with Crippen molar-refractivity contribution >= 4 is 28.5 Å². The first kappa shape index (κ1) is 15.1. The first-order valence-electron chi connectivity index (χ1n) is 8.55. The number of hydrogen-bond acceptors (Lipinski definition) is 3. The average molecular weight is 324 g/mol. The van der Waals surface area contributed by atoms with E-state index in [-0.39, 0.29) is 30.6 Å². The number of aromatic amines is 1. The molecule has 0 unspecified atom stereocenters. The number of aromatic nitrogens is 1. The van der Waals surface area contributed by atoms with E-state index < -0.39 is 5.41 Å². The minimum absolute atomic E-state index is 0.139. The number of amides is 2. The lowest BCUT2D eigenvalue weighted by Gasteiger charge is -2.30. The number of carbonyl (C=O) groups excluding carboxylic acids is 3. The molecule has 1 aliphatic carbocycles. The molecule has 1 aromatic heterocycles. The van der Waals surface area contributed by atoms with Gasteiger partial charge >= 0.3 is 0 Å². The first-order chi connectivity index (χ1) is 11.6. The van der Waals surface area contributed by atoms with Crippen molar-refractivity contribution < 1.29 is 14.4 Å². The van der Waals surface area contributed by atoms with E-state index in [9.17, 15) is 14.4 Å². The quantitative estimate of drug-likeness (QED) is 0.697. The smallest absolute Gasteiger partial charge is 0.236 e. The van der Waals surface area contributed by atoms with Gasteiger partial charge in [0.15, 0.2) is 5.78 Å². The number of likely N-dealkylation sites (tertiary alicyclic amines) is 1. The van der Waals surface area contributed by atoms with Gasteiger partial charge in [-0.05, 0) is 18.9 Å². The topological polar surface area (TPSA) is 70.2 Å². The molecule has 5 nitrogen and oxygen atoms in total. The number of H-pyrrole nitrogens is 1. The Hall–Kier alpha value is -2.43. The average Bonchev–Trinajstić information content (AvgIpc) is 3.11. The molecule has 0 atom stereocenters. The molecule has 124 valence electrons. The van der Waals surface area contributed by atoms with Crippen LogP contribution in [0.15, 0.2) is 30.5 Å². The third-order valence-electron chi connectivity index (χ3n) is 5.49. The standard InChI is InChI=1S/C19H20N2O3/c22-16(14-11-20-15-7-3-2-6-13(14)15)12-21-17(23)10-19(18(21)24)8-4-1-5-9-19/h2-3,6-7,11,20H,1,4-5,8-10,12H2. The molecule has 2 aromatic rings. The second-order valence-electron chi connectivity index (χ2n) is 6.97. The SMILES string of the molecule is O=C(CN1C(=O)CC2(CCCCC2)C1=O)c1c[nH]c2ccccc12. The first-order valence-corrected chi connectivity index (χ1v) is 8.55. The number of ketones is 1. The lowest BCUT2D eigenvalue weighted by Crippen LogP contribution is -2.39. The molecule has 0 radical (unpaired) electrons. The van der Waals surface area contributed by atoms with Crippen LogP contribution in [-0.4, -0.2) is 34.0 Å². The summed E-state index contributed by atoms with van der Waals surface area (Å²) in [7, 11) is 0. The van der Waals surface area contributed by atoms with Gasteiger partial charge in [-0.1, -0.05) is 37.5 Å².